The van der Waals surface area contributed by atoms with Crippen molar-refractivity contribution < 1.29 is 4.79 Å². The molecule has 0 radical (unpaired) electrons. The third-order valence-electron chi connectivity index (χ3n) is 2.86. The molecule has 0 unspecified atom stereocenters. The van der Waals surface area contributed by atoms with Crippen molar-refractivity contribution in [2.45, 2.75) is 38.8 Å². The van der Waals surface area contributed by atoms with Gasteiger partial charge in [-0.15, -0.1) is 0 Å². The number of carbonyl (C=O) groups excluding carboxylic acids is 1. The number of hydrogen-bond donors (Lipinski definition) is 1. The van der Waals surface area contributed by atoms with Crippen LogP contribution in [0.4, 0.5) is 5.69 Å². The third-order valence-corrected chi connectivity index (χ3v) is 2.86. The van der Waals surface area contributed by atoms with Gasteiger partial charge in [-0.1, -0.05) is 6.07 Å². The Bertz CT molecular complexity index is 395. The molecule has 1 aliphatic carbocycles. The van der Waals surface area contributed by atoms with E-state index in [1.165, 1.54) is 0 Å². The zero-order valence-corrected chi connectivity index (χ0v) is 9.81. The van der Waals surface area contributed by atoms with Gasteiger partial charge >= 0.3 is 0 Å². The number of nitrogens with two attached hydrogens (primary N) is 1. The predicted octanol–water partition coefficient (Wildman–Crippen LogP) is 2.28. The van der Waals surface area contributed by atoms with E-state index in [1.54, 1.807) is 12.1 Å². The molecule has 86 valence electrons. The van der Waals surface area contributed by atoms with Gasteiger partial charge in [-0.3, -0.25) is 4.79 Å². The fourth-order valence-corrected chi connectivity index (χ4v) is 2.00. The van der Waals surface area contributed by atoms with E-state index in [4.69, 9.17) is 5.73 Å². The number of nitrogens with zero attached hydrogens (tertiary/aromatic N) is 1. The molecule has 2 N–H and O–H groups in total. The minimum atomic E-state index is 0.102. The van der Waals surface area contributed by atoms with Crippen molar-refractivity contribution in [2.24, 2.45) is 0 Å². The molecule has 3 nitrogen and oxygen atoms in total. The van der Waals surface area contributed by atoms with Crippen LogP contribution in [0, 0.1) is 0 Å². The van der Waals surface area contributed by atoms with E-state index in [1.807, 2.05) is 17.0 Å². The van der Waals surface area contributed by atoms with Gasteiger partial charge in [0.15, 0.2) is 0 Å². The van der Waals surface area contributed by atoms with E-state index in [2.05, 4.69) is 13.8 Å². The molecule has 0 saturated heterocycles. The molecule has 0 aliphatic heterocycles. The first-order valence-corrected chi connectivity index (χ1v) is 5.78. The van der Waals surface area contributed by atoms with Crippen LogP contribution in [-0.2, 0) is 0 Å². The summed E-state index contributed by atoms with van der Waals surface area (Å²) in [5.74, 6) is 0.102. The maximum Gasteiger partial charge on any atom is 0.254 e. The topological polar surface area (TPSA) is 46.3 Å². The Balaban J connectivity index is 2.22. The molecule has 2 rings (SSSR count). The zero-order valence-electron chi connectivity index (χ0n) is 9.81. The third kappa shape index (κ3) is 2.18. The molecule has 0 bridgehead atoms. The largest absolute Gasteiger partial charge is 0.399 e. The smallest absolute Gasteiger partial charge is 0.254 e. The van der Waals surface area contributed by atoms with E-state index in [-0.39, 0.29) is 11.9 Å². The monoisotopic (exact) mass is 218 g/mol. The maximum absolute atomic E-state index is 12.3. The molecule has 1 amide bonds. The second-order valence-electron chi connectivity index (χ2n) is 4.66. The minimum absolute atomic E-state index is 0.102. The molecule has 0 atom stereocenters. The van der Waals surface area contributed by atoms with Crippen molar-refractivity contribution >= 4 is 11.6 Å². The van der Waals surface area contributed by atoms with Gasteiger partial charge in [0, 0.05) is 23.3 Å². The summed E-state index contributed by atoms with van der Waals surface area (Å²) >= 11 is 0. The van der Waals surface area contributed by atoms with Gasteiger partial charge in [0.25, 0.3) is 5.91 Å². The van der Waals surface area contributed by atoms with E-state index in [0.717, 1.165) is 12.8 Å². The molecule has 1 fully saturated rings. The van der Waals surface area contributed by atoms with Crippen LogP contribution < -0.4 is 5.73 Å². The van der Waals surface area contributed by atoms with Crippen LogP contribution in [-0.4, -0.2) is 22.9 Å². The molecule has 0 aromatic heterocycles. The van der Waals surface area contributed by atoms with Crippen LogP contribution in [0.15, 0.2) is 24.3 Å². The Morgan fingerprint density at radius 3 is 2.62 bits per heavy atom. The van der Waals surface area contributed by atoms with Gasteiger partial charge in [-0.05, 0) is 44.9 Å². The summed E-state index contributed by atoms with van der Waals surface area (Å²) in [5.41, 5.74) is 7.03. The van der Waals surface area contributed by atoms with Crippen LogP contribution in [0.1, 0.15) is 37.0 Å². The molecule has 1 saturated carbocycles. The number of rotatable bonds is 3. The van der Waals surface area contributed by atoms with Gasteiger partial charge in [0.05, 0.1) is 0 Å². The average Bonchev–Trinajstić information content (AvgIpc) is 3.01. The van der Waals surface area contributed by atoms with Crippen molar-refractivity contribution in [1.82, 2.24) is 4.90 Å². The Kier molecular flexibility index (Phi) is 2.86. The second-order valence-corrected chi connectivity index (χ2v) is 4.66. The number of nitrogen functional groups attached to an aromatic ring is 1. The highest BCUT2D eigenvalue weighted by Gasteiger charge is 2.34. The summed E-state index contributed by atoms with van der Waals surface area (Å²) in [6.45, 7) is 4.12. The first-order valence-electron chi connectivity index (χ1n) is 5.78. The molecule has 1 aromatic rings. The summed E-state index contributed by atoms with van der Waals surface area (Å²) in [5, 5.41) is 0. The number of carbonyl (C=O) groups is 1. The quantitative estimate of drug-likeness (QED) is 0.791. The Morgan fingerprint density at radius 2 is 2.12 bits per heavy atom. The fraction of sp³-hybridized carbons (Fsp3) is 0.462. The zero-order chi connectivity index (χ0) is 11.7. The van der Waals surface area contributed by atoms with Gasteiger partial charge in [-0.2, -0.15) is 0 Å². The minimum Gasteiger partial charge on any atom is -0.399 e. The number of benzene rings is 1. The first kappa shape index (κ1) is 11.0. The lowest BCUT2D eigenvalue weighted by atomic mass is 10.1. The normalized spacial score (nSPS) is 15.2. The molecular formula is C13H18N2O. The van der Waals surface area contributed by atoms with Crippen LogP contribution in [0.3, 0.4) is 0 Å². The molecule has 0 spiro atoms. The van der Waals surface area contributed by atoms with Gasteiger partial charge in [0.1, 0.15) is 0 Å². The van der Waals surface area contributed by atoms with Crippen molar-refractivity contribution in [3.63, 3.8) is 0 Å². The van der Waals surface area contributed by atoms with Crippen molar-refractivity contribution in [1.29, 1.82) is 0 Å². The fourth-order valence-electron chi connectivity index (χ4n) is 2.00. The summed E-state index contributed by atoms with van der Waals surface area (Å²) in [6, 6.07) is 7.90. The van der Waals surface area contributed by atoms with E-state index < -0.39 is 0 Å². The van der Waals surface area contributed by atoms with E-state index >= 15 is 0 Å². The number of hydrogen-bond acceptors (Lipinski definition) is 2. The van der Waals surface area contributed by atoms with Crippen LogP contribution in [0.2, 0.25) is 0 Å². The molecule has 16 heavy (non-hydrogen) atoms. The standard InChI is InChI=1S/C13H18N2O/c1-9(2)15(12-6-7-12)13(16)10-4-3-5-11(14)8-10/h3-5,8-9,12H,6-7,14H2,1-2H3. The van der Waals surface area contributed by atoms with Crippen molar-refractivity contribution in [3.8, 4) is 0 Å². The lowest BCUT2D eigenvalue weighted by molar-refractivity contribution is 0.0690. The highest BCUT2D eigenvalue weighted by Crippen LogP contribution is 2.30. The Morgan fingerprint density at radius 1 is 1.44 bits per heavy atom. The SMILES string of the molecule is CC(C)N(C(=O)c1cccc(N)c1)C1CC1. The van der Waals surface area contributed by atoms with Crippen molar-refractivity contribution in [2.75, 3.05) is 5.73 Å². The number of amides is 1. The molecule has 0 heterocycles. The molecule has 3 heteroatoms. The average molecular weight is 218 g/mol. The lowest BCUT2D eigenvalue weighted by Gasteiger charge is -2.26. The van der Waals surface area contributed by atoms with Crippen LogP contribution in [0.25, 0.3) is 0 Å². The summed E-state index contributed by atoms with van der Waals surface area (Å²) in [7, 11) is 0. The molecular weight excluding hydrogens is 200 g/mol. The van der Waals surface area contributed by atoms with Crippen LogP contribution in [0.5, 0.6) is 0 Å². The highest BCUT2D eigenvalue weighted by atomic mass is 16.2. The highest BCUT2D eigenvalue weighted by molar-refractivity contribution is 5.95. The summed E-state index contributed by atoms with van der Waals surface area (Å²) in [6.07, 6.45) is 2.26. The van der Waals surface area contributed by atoms with Crippen molar-refractivity contribution in [3.05, 3.63) is 29.8 Å². The van der Waals surface area contributed by atoms with Gasteiger partial charge in [-0.25, -0.2) is 0 Å². The number of anilines is 1. The van der Waals surface area contributed by atoms with E-state index in [0.29, 0.717) is 17.3 Å². The van der Waals surface area contributed by atoms with Gasteiger partial charge < -0.3 is 10.6 Å². The Labute approximate surface area is 96.2 Å². The Hall–Kier alpha value is -1.51. The van der Waals surface area contributed by atoms with Crippen LogP contribution >= 0.6 is 0 Å². The second kappa shape index (κ2) is 4.16. The molecule has 1 aromatic carbocycles. The van der Waals surface area contributed by atoms with Gasteiger partial charge in [0.2, 0.25) is 0 Å². The molecule has 1 aliphatic rings. The maximum atomic E-state index is 12.3. The lowest BCUT2D eigenvalue weighted by Crippen LogP contribution is -2.38. The predicted molar refractivity (Wildman–Crippen MR) is 65.2 cm³/mol. The summed E-state index contributed by atoms with van der Waals surface area (Å²) < 4.78 is 0. The first-order chi connectivity index (χ1) is 7.59. The van der Waals surface area contributed by atoms with E-state index in [9.17, 15) is 4.79 Å². The summed E-state index contributed by atoms with van der Waals surface area (Å²) in [4.78, 5) is 14.3.